The molecular weight excluding hydrogens is 242 g/mol. The molecule has 4 nitrogen and oxygen atoms in total. The van der Waals surface area contributed by atoms with Gasteiger partial charge in [0.2, 0.25) is 0 Å². The lowest BCUT2D eigenvalue weighted by Crippen LogP contribution is -2.57. The molecular formula is C15H23NO3. The zero-order valence-corrected chi connectivity index (χ0v) is 11.7. The van der Waals surface area contributed by atoms with Crippen LogP contribution in [-0.4, -0.2) is 37.6 Å². The smallest absolute Gasteiger partial charge is 0.123 e. The number of nitrogens with two attached hydrogens (primary N) is 1. The van der Waals surface area contributed by atoms with Crippen LogP contribution in [0.3, 0.4) is 0 Å². The molecule has 3 N–H and O–H groups in total. The molecule has 2 rings (SSSR count). The monoisotopic (exact) mass is 265 g/mol. The number of aliphatic hydroxyl groups is 1. The van der Waals surface area contributed by atoms with Crippen molar-refractivity contribution in [3.8, 4) is 5.75 Å². The van der Waals surface area contributed by atoms with Crippen molar-refractivity contribution in [3.05, 3.63) is 29.8 Å². The highest BCUT2D eigenvalue weighted by Crippen LogP contribution is 2.46. The van der Waals surface area contributed by atoms with E-state index in [-0.39, 0.29) is 0 Å². The van der Waals surface area contributed by atoms with E-state index in [0.29, 0.717) is 26.2 Å². The van der Waals surface area contributed by atoms with Crippen molar-refractivity contribution >= 4 is 0 Å². The average molecular weight is 265 g/mol. The summed E-state index contributed by atoms with van der Waals surface area (Å²) >= 11 is 0. The summed E-state index contributed by atoms with van der Waals surface area (Å²) < 4.78 is 10.8. The lowest BCUT2D eigenvalue weighted by atomic mass is 9.63. The molecule has 0 spiro atoms. The third-order valence-electron chi connectivity index (χ3n) is 4.36. The van der Waals surface area contributed by atoms with Crippen LogP contribution in [0.15, 0.2) is 24.3 Å². The van der Waals surface area contributed by atoms with Gasteiger partial charge in [-0.3, -0.25) is 0 Å². The van der Waals surface area contributed by atoms with E-state index in [1.807, 2.05) is 31.2 Å². The fourth-order valence-corrected chi connectivity index (χ4v) is 2.99. The molecule has 0 saturated carbocycles. The molecule has 0 amide bonds. The van der Waals surface area contributed by atoms with E-state index in [1.165, 1.54) is 0 Å². The number of fused-ring (bicyclic) bond motifs is 1. The highest BCUT2D eigenvalue weighted by molar-refractivity contribution is 5.44. The first kappa shape index (κ1) is 14.3. The third-order valence-corrected chi connectivity index (χ3v) is 4.36. The van der Waals surface area contributed by atoms with Crippen LogP contribution in [0.5, 0.6) is 5.75 Å². The SMILES string of the molecule is COCCC(C)(O)C1(CN)CCOc2ccccc21. The summed E-state index contributed by atoms with van der Waals surface area (Å²) in [5, 5.41) is 11.0. The Kier molecular flexibility index (Phi) is 4.13. The van der Waals surface area contributed by atoms with Gasteiger partial charge in [-0.15, -0.1) is 0 Å². The van der Waals surface area contributed by atoms with Gasteiger partial charge in [-0.25, -0.2) is 0 Å². The maximum atomic E-state index is 11.0. The lowest BCUT2D eigenvalue weighted by molar-refractivity contribution is -0.0569. The van der Waals surface area contributed by atoms with Crippen LogP contribution in [0.1, 0.15) is 25.3 Å². The van der Waals surface area contributed by atoms with Crippen LogP contribution in [-0.2, 0) is 10.2 Å². The Morgan fingerprint density at radius 3 is 2.89 bits per heavy atom. The van der Waals surface area contributed by atoms with Crippen LogP contribution < -0.4 is 10.5 Å². The van der Waals surface area contributed by atoms with Gasteiger partial charge in [0, 0.05) is 37.7 Å². The summed E-state index contributed by atoms with van der Waals surface area (Å²) in [4.78, 5) is 0. The number of benzene rings is 1. The average Bonchev–Trinajstić information content (AvgIpc) is 2.44. The Bertz CT molecular complexity index is 433. The molecule has 106 valence electrons. The van der Waals surface area contributed by atoms with Crippen molar-refractivity contribution in [2.24, 2.45) is 5.73 Å². The van der Waals surface area contributed by atoms with Gasteiger partial charge >= 0.3 is 0 Å². The minimum atomic E-state index is -0.919. The predicted octanol–water partition coefficient (Wildman–Crippen LogP) is 1.45. The summed E-state index contributed by atoms with van der Waals surface area (Å²) in [6.07, 6.45) is 1.27. The summed E-state index contributed by atoms with van der Waals surface area (Å²) in [5.74, 6) is 0.830. The van der Waals surface area contributed by atoms with E-state index >= 15 is 0 Å². The second-order valence-corrected chi connectivity index (χ2v) is 5.40. The number of methoxy groups -OCH3 is 1. The maximum Gasteiger partial charge on any atom is 0.123 e. The van der Waals surface area contributed by atoms with Crippen LogP contribution in [0, 0.1) is 0 Å². The van der Waals surface area contributed by atoms with Crippen LogP contribution in [0.2, 0.25) is 0 Å². The Morgan fingerprint density at radius 1 is 1.47 bits per heavy atom. The van der Waals surface area contributed by atoms with Gasteiger partial charge in [0.25, 0.3) is 0 Å². The molecule has 19 heavy (non-hydrogen) atoms. The number of ether oxygens (including phenoxy) is 2. The largest absolute Gasteiger partial charge is 0.493 e. The van der Waals surface area contributed by atoms with Crippen molar-refractivity contribution in [2.45, 2.75) is 30.8 Å². The second kappa shape index (κ2) is 5.49. The summed E-state index contributed by atoms with van der Waals surface area (Å²) in [6.45, 7) is 3.33. The molecule has 2 unspecified atom stereocenters. The van der Waals surface area contributed by atoms with E-state index in [2.05, 4.69) is 0 Å². The topological polar surface area (TPSA) is 64.7 Å². The molecule has 0 radical (unpaired) electrons. The molecule has 0 saturated heterocycles. The molecule has 1 aromatic carbocycles. The van der Waals surface area contributed by atoms with Gasteiger partial charge < -0.3 is 20.3 Å². The number of hydrogen-bond acceptors (Lipinski definition) is 4. The first-order valence-corrected chi connectivity index (χ1v) is 6.71. The second-order valence-electron chi connectivity index (χ2n) is 5.40. The van der Waals surface area contributed by atoms with Gasteiger partial charge in [-0.2, -0.15) is 0 Å². The molecule has 0 aliphatic carbocycles. The Balaban J connectivity index is 2.44. The molecule has 0 fully saturated rings. The zero-order chi connectivity index (χ0) is 13.9. The highest BCUT2D eigenvalue weighted by Gasteiger charge is 2.49. The van der Waals surface area contributed by atoms with Gasteiger partial charge in [0.1, 0.15) is 5.75 Å². The summed E-state index contributed by atoms with van der Waals surface area (Å²) in [5.41, 5.74) is 5.67. The van der Waals surface area contributed by atoms with E-state index in [9.17, 15) is 5.11 Å². The Hall–Kier alpha value is -1.10. The van der Waals surface area contributed by atoms with Gasteiger partial charge in [-0.1, -0.05) is 18.2 Å². The van der Waals surface area contributed by atoms with Crippen molar-refractivity contribution in [2.75, 3.05) is 26.9 Å². The van der Waals surface area contributed by atoms with E-state index in [4.69, 9.17) is 15.2 Å². The molecule has 1 aliphatic heterocycles. The maximum absolute atomic E-state index is 11.0. The van der Waals surface area contributed by atoms with Gasteiger partial charge in [0.05, 0.1) is 12.2 Å². The Morgan fingerprint density at radius 2 is 2.21 bits per heavy atom. The third kappa shape index (κ3) is 2.36. The van der Waals surface area contributed by atoms with Crippen molar-refractivity contribution in [1.82, 2.24) is 0 Å². The first-order valence-electron chi connectivity index (χ1n) is 6.71. The quantitative estimate of drug-likeness (QED) is 0.846. The van der Waals surface area contributed by atoms with E-state index in [0.717, 1.165) is 17.7 Å². The van der Waals surface area contributed by atoms with Crippen LogP contribution in [0.25, 0.3) is 0 Å². The van der Waals surface area contributed by atoms with E-state index < -0.39 is 11.0 Å². The molecule has 1 aliphatic rings. The highest BCUT2D eigenvalue weighted by atomic mass is 16.5. The molecule has 0 aromatic heterocycles. The predicted molar refractivity (Wildman–Crippen MR) is 74.4 cm³/mol. The molecule has 2 atom stereocenters. The van der Waals surface area contributed by atoms with Crippen LogP contribution >= 0.6 is 0 Å². The number of rotatable bonds is 5. The minimum absolute atomic E-state index is 0.393. The summed E-state index contributed by atoms with van der Waals surface area (Å²) in [7, 11) is 1.64. The zero-order valence-electron chi connectivity index (χ0n) is 11.7. The number of para-hydroxylation sites is 1. The van der Waals surface area contributed by atoms with E-state index in [1.54, 1.807) is 7.11 Å². The van der Waals surface area contributed by atoms with Gasteiger partial charge in [-0.05, 0) is 19.4 Å². The fourth-order valence-electron chi connectivity index (χ4n) is 2.99. The lowest BCUT2D eigenvalue weighted by Gasteiger charge is -2.48. The number of hydrogen-bond donors (Lipinski definition) is 2. The van der Waals surface area contributed by atoms with Crippen molar-refractivity contribution in [3.63, 3.8) is 0 Å². The standard InChI is InChI=1S/C15H23NO3/c1-14(17,7-9-18-2)15(11-16)8-10-19-13-6-4-3-5-12(13)15/h3-6,17H,7-11,16H2,1-2H3. The van der Waals surface area contributed by atoms with Crippen molar-refractivity contribution < 1.29 is 14.6 Å². The molecule has 1 aromatic rings. The Labute approximate surface area is 114 Å². The van der Waals surface area contributed by atoms with Crippen molar-refractivity contribution in [1.29, 1.82) is 0 Å². The summed E-state index contributed by atoms with van der Waals surface area (Å²) in [6, 6.07) is 7.84. The van der Waals surface area contributed by atoms with Crippen LogP contribution in [0.4, 0.5) is 0 Å². The molecule has 0 bridgehead atoms. The molecule has 1 heterocycles. The fraction of sp³-hybridized carbons (Fsp3) is 0.600. The minimum Gasteiger partial charge on any atom is -0.493 e. The van der Waals surface area contributed by atoms with Gasteiger partial charge in [0.15, 0.2) is 0 Å². The molecule has 4 heteroatoms. The normalized spacial score (nSPS) is 25.3. The first-order chi connectivity index (χ1) is 9.07.